The molecule has 0 radical (unpaired) electrons. The topological polar surface area (TPSA) is 92.6 Å². The van der Waals surface area contributed by atoms with E-state index >= 15 is 0 Å². The Morgan fingerprint density at radius 1 is 1.56 bits per heavy atom. The third-order valence-electron chi connectivity index (χ3n) is 0.230. The first kappa shape index (κ1) is 22.4. The summed E-state index contributed by atoms with van der Waals surface area (Å²) in [6.45, 7) is 0. The molecule has 0 unspecified atom stereocenters. The summed E-state index contributed by atoms with van der Waals surface area (Å²) in [7, 11) is 0. The zero-order valence-electron chi connectivity index (χ0n) is 3.51. The summed E-state index contributed by atoms with van der Waals surface area (Å²) < 4.78 is 0. The quantitative estimate of drug-likeness (QED) is 0.454. The normalized spacial score (nSPS) is 4.33. The van der Waals surface area contributed by atoms with E-state index in [4.69, 9.17) is 10.4 Å². The maximum absolute atomic E-state index is 9.38. The fraction of sp³-hybridized carbons (Fsp3) is 0.333. The van der Waals surface area contributed by atoms with Crippen molar-refractivity contribution in [1.82, 2.24) is 0 Å². The Balaban J connectivity index is -0.0000000417. The summed E-state index contributed by atoms with van der Waals surface area (Å²) in [6, 6.07) is 1.47. The van der Waals surface area contributed by atoms with E-state index in [2.05, 4.69) is 0 Å². The summed E-state index contributed by atoms with van der Waals surface area (Å²) >= 11 is 0. The minimum absolute atomic E-state index is 0. The van der Waals surface area contributed by atoms with Crippen LogP contribution in [-0.4, -0.2) is 92.0 Å². The first-order chi connectivity index (χ1) is 2.77. The number of aliphatic carboxylic acids is 1. The van der Waals surface area contributed by atoms with E-state index in [0.717, 1.165) is 0 Å². The molecule has 4 nitrogen and oxygen atoms in total. The molecular weight excluding hydrogens is 178 g/mol. The molecule has 0 aliphatic rings. The van der Waals surface area contributed by atoms with Crippen LogP contribution in [0.25, 0.3) is 0 Å². The molecule has 0 heterocycles. The zero-order valence-corrected chi connectivity index (χ0v) is 3.51. The molecular formula is C3H9Ca2NO3. The first-order valence-corrected chi connectivity index (χ1v) is 1.36. The van der Waals surface area contributed by atoms with Gasteiger partial charge in [0, 0.05) is 0 Å². The number of carbonyl (C=O) groups is 1. The molecule has 0 rings (SSSR count). The van der Waals surface area contributed by atoms with Crippen LogP contribution >= 0.6 is 0 Å². The van der Waals surface area contributed by atoms with Crippen LogP contribution in [0.4, 0.5) is 0 Å². The second-order valence-corrected chi connectivity index (χ2v) is 0.729. The van der Waals surface area contributed by atoms with Crippen molar-refractivity contribution in [2.45, 2.75) is 6.42 Å². The fourth-order valence-electron chi connectivity index (χ4n) is 0.0676. The molecule has 9 heavy (non-hydrogen) atoms. The Labute approximate surface area is 113 Å². The van der Waals surface area contributed by atoms with E-state index in [1.807, 2.05) is 0 Å². The van der Waals surface area contributed by atoms with Gasteiger partial charge in [-0.3, -0.25) is 4.79 Å². The van der Waals surface area contributed by atoms with Crippen LogP contribution in [-0.2, 0) is 4.79 Å². The molecule has 0 aromatic carbocycles. The van der Waals surface area contributed by atoms with E-state index in [-0.39, 0.29) is 81.0 Å². The molecule has 0 spiro atoms. The van der Waals surface area contributed by atoms with Crippen molar-refractivity contribution >= 4 is 81.4 Å². The predicted octanol–water partition coefficient (Wildman–Crippen LogP) is -2.67. The molecule has 0 bridgehead atoms. The molecule has 3 N–H and O–H groups in total. The van der Waals surface area contributed by atoms with Crippen molar-refractivity contribution in [2.24, 2.45) is 0 Å². The van der Waals surface area contributed by atoms with E-state index in [1.54, 1.807) is 0 Å². The van der Waals surface area contributed by atoms with E-state index < -0.39 is 12.4 Å². The van der Waals surface area contributed by atoms with Crippen LogP contribution in [0.3, 0.4) is 0 Å². The van der Waals surface area contributed by atoms with Gasteiger partial charge in [-0.05, 0) is 0 Å². The number of hydrogen-bond acceptors (Lipinski definition) is 2. The second kappa shape index (κ2) is 16.2. The van der Waals surface area contributed by atoms with Crippen molar-refractivity contribution in [3.63, 3.8) is 0 Å². The number of hydrogen-bond donors (Lipinski definition) is 1. The van der Waals surface area contributed by atoms with Gasteiger partial charge in [0.2, 0.25) is 0 Å². The third kappa shape index (κ3) is 26.5. The van der Waals surface area contributed by atoms with Crippen molar-refractivity contribution in [1.29, 1.82) is 5.26 Å². The molecule has 0 aliphatic carbocycles. The van der Waals surface area contributed by atoms with Gasteiger partial charge in [-0.15, -0.1) is 0 Å². The van der Waals surface area contributed by atoms with E-state index in [0.29, 0.717) is 0 Å². The van der Waals surface area contributed by atoms with Gasteiger partial charge in [0.1, 0.15) is 6.42 Å². The van der Waals surface area contributed by atoms with Crippen molar-refractivity contribution in [2.75, 3.05) is 0 Å². The van der Waals surface area contributed by atoms with Crippen LogP contribution in [0.2, 0.25) is 0 Å². The van der Waals surface area contributed by atoms with Gasteiger partial charge in [0.15, 0.2) is 0 Å². The summed E-state index contributed by atoms with van der Waals surface area (Å²) in [5.41, 5.74) is 0. The number of carboxylic acid groups (broad SMARTS) is 1. The monoisotopic (exact) mass is 187 g/mol. The molecule has 6 heteroatoms. The van der Waals surface area contributed by atoms with Crippen molar-refractivity contribution < 1.29 is 15.4 Å². The predicted molar refractivity (Wildman–Crippen MR) is 38.6 cm³/mol. The van der Waals surface area contributed by atoms with Crippen LogP contribution < -0.4 is 0 Å². The molecule has 0 saturated heterocycles. The SMILES string of the molecule is N#CCC(=O)O.O.[CaH2].[CaH2]. The molecule has 0 fully saturated rings. The summed E-state index contributed by atoms with van der Waals surface area (Å²) in [4.78, 5) is 9.38. The van der Waals surface area contributed by atoms with Gasteiger partial charge < -0.3 is 10.6 Å². The van der Waals surface area contributed by atoms with Gasteiger partial charge in [0.25, 0.3) is 0 Å². The maximum atomic E-state index is 9.38. The molecule has 0 saturated carbocycles. The van der Waals surface area contributed by atoms with Crippen molar-refractivity contribution in [3.8, 4) is 6.07 Å². The number of carboxylic acids is 1. The van der Waals surface area contributed by atoms with Crippen LogP contribution in [0, 0.1) is 11.3 Å². The van der Waals surface area contributed by atoms with Crippen molar-refractivity contribution in [3.05, 3.63) is 0 Å². The molecule has 0 aliphatic heterocycles. The minimum atomic E-state index is -1.07. The number of nitriles is 1. The van der Waals surface area contributed by atoms with Gasteiger partial charge in [-0.2, -0.15) is 5.26 Å². The summed E-state index contributed by atoms with van der Waals surface area (Å²) in [6.07, 6.45) is -0.403. The van der Waals surface area contributed by atoms with Gasteiger partial charge >= 0.3 is 81.4 Å². The Hall–Kier alpha value is 1.44. The summed E-state index contributed by atoms with van der Waals surface area (Å²) in [5.74, 6) is -1.07. The fourth-order valence-corrected chi connectivity index (χ4v) is 0.0676. The number of rotatable bonds is 1. The Morgan fingerprint density at radius 2 is 1.89 bits per heavy atom. The second-order valence-electron chi connectivity index (χ2n) is 0.729. The van der Waals surface area contributed by atoms with E-state index in [9.17, 15) is 4.79 Å². The standard InChI is InChI=1S/C3H3NO2.2Ca.H2O.4H/c4-2-1-3(5)6;;;;;;;/h1H2,(H,5,6);;;1H2;;;;. The van der Waals surface area contributed by atoms with Crippen LogP contribution in [0.1, 0.15) is 6.42 Å². The third-order valence-corrected chi connectivity index (χ3v) is 0.230. The first-order valence-electron chi connectivity index (χ1n) is 1.36. The number of nitrogens with zero attached hydrogens (tertiary/aromatic N) is 1. The Morgan fingerprint density at radius 3 is 1.89 bits per heavy atom. The molecule has 0 amide bonds. The zero-order chi connectivity index (χ0) is 4.99. The molecule has 48 valence electrons. The van der Waals surface area contributed by atoms with Crippen LogP contribution in [0.5, 0.6) is 0 Å². The van der Waals surface area contributed by atoms with Gasteiger partial charge in [-0.25, -0.2) is 0 Å². The molecule has 0 aromatic heterocycles. The van der Waals surface area contributed by atoms with Gasteiger partial charge in [0.05, 0.1) is 6.07 Å². The Bertz CT molecular complexity index is 99.7. The average molecular weight is 187 g/mol. The molecule has 0 aromatic rings. The van der Waals surface area contributed by atoms with E-state index in [1.165, 1.54) is 6.07 Å². The molecule has 0 atom stereocenters. The average Bonchev–Trinajstić information content (AvgIpc) is 1.35. The van der Waals surface area contributed by atoms with Gasteiger partial charge in [-0.1, -0.05) is 0 Å². The summed E-state index contributed by atoms with van der Waals surface area (Å²) in [5, 5.41) is 15.3. The van der Waals surface area contributed by atoms with Crippen LogP contribution in [0.15, 0.2) is 0 Å². The Kier molecular flexibility index (Phi) is 40.4.